The molecule has 1 nitrogen and oxygen atoms in total. The van der Waals surface area contributed by atoms with E-state index in [0.29, 0.717) is 6.04 Å². The molecule has 0 aromatic carbocycles. The van der Waals surface area contributed by atoms with Crippen molar-refractivity contribution in [1.29, 1.82) is 0 Å². The Balaban J connectivity index is 2.56. The number of nitrogens with one attached hydrogen (secondary N) is 1. The van der Waals surface area contributed by atoms with Crippen LogP contribution < -0.4 is 5.32 Å². The summed E-state index contributed by atoms with van der Waals surface area (Å²) in [5.41, 5.74) is 1.45. The van der Waals surface area contributed by atoms with E-state index in [1.165, 1.54) is 37.7 Å². The summed E-state index contributed by atoms with van der Waals surface area (Å²) in [6.07, 6.45) is 9.35. The molecule has 1 N–H and O–H groups in total. The van der Waals surface area contributed by atoms with Crippen LogP contribution in [0.25, 0.3) is 0 Å². The molecule has 3 atom stereocenters. The Morgan fingerprint density at radius 3 is 2.69 bits per heavy atom. The van der Waals surface area contributed by atoms with Crippen molar-refractivity contribution in [2.24, 2.45) is 11.8 Å². The third kappa shape index (κ3) is 4.69. The highest BCUT2D eigenvalue weighted by molar-refractivity contribution is 5.04. The molecule has 16 heavy (non-hydrogen) atoms. The summed E-state index contributed by atoms with van der Waals surface area (Å²) in [5, 5.41) is 3.71. The van der Waals surface area contributed by atoms with Crippen LogP contribution >= 0.6 is 0 Å². The standard InChI is InChI=1S/C15H29N/c1-5-9-16-15(10-12(2)3)14-8-6-7-13(4)11-14/h10,13-16H,5-9,11H2,1-4H3. The molecular weight excluding hydrogens is 194 g/mol. The Morgan fingerprint density at radius 2 is 2.12 bits per heavy atom. The lowest BCUT2D eigenvalue weighted by atomic mass is 9.78. The minimum atomic E-state index is 0.618. The molecule has 0 aliphatic heterocycles. The molecule has 3 unspecified atom stereocenters. The van der Waals surface area contributed by atoms with Crippen molar-refractivity contribution in [3.63, 3.8) is 0 Å². The third-order valence-corrected chi connectivity index (χ3v) is 3.63. The summed E-state index contributed by atoms with van der Waals surface area (Å²) in [4.78, 5) is 0. The largest absolute Gasteiger partial charge is 0.310 e. The summed E-state index contributed by atoms with van der Waals surface area (Å²) in [5.74, 6) is 1.79. The fourth-order valence-electron chi connectivity index (χ4n) is 2.84. The highest BCUT2D eigenvalue weighted by Gasteiger charge is 2.24. The maximum absolute atomic E-state index is 3.71. The maximum atomic E-state index is 3.71. The first kappa shape index (κ1) is 13.8. The van der Waals surface area contributed by atoms with Crippen molar-refractivity contribution in [2.75, 3.05) is 6.54 Å². The second-order valence-electron chi connectivity index (χ2n) is 5.76. The third-order valence-electron chi connectivity index (χ3n) is 3.63. The van der Waals surface area contributed by atoms with Crippen LogP contribution in [0.3, 0.4) is 0 Å². The van der Waals surface area contributed by atoms with Crippen LogP contribution in [0.15, 0.2) is 11.6 Å². The van der Waals surface area contributed by atoms with Crippen LogP contribution in [0.2, 0.25) is 0 Å². The van der Waals surface area contributed by atoms with Gasteiger partial charge in [-0.25, -0.2) is 0 Å². The van der Waals surface area contributed by atoms with Gasteiger partial charge in [0, 0.05) is 6.04 Å². The Kier molecular flexibility index (Phi) is 6.12. The molecule has 94 valence electrons. The van der Waals surface area contributed by atoms with Gasteiger partial charge in [0.2, 0.25) is 0 Å². The van der Waals surface area contributed by atoms with Crippen LogP contribution in [-0.2, 0) is 0 Å². The van der Waals surface area contributed by atoms with Crippen LogP contribution in [0.5, 0.6) is 0 Å². The molecule has 1 aliphatic carbocycles. The van der Waals surface area contributed by atoms with Crippen LogP contribution in [-0.4, -0.2) is 12.6 Å². The molecule has 1 saturated carbocycles. The zero-order chi connectivity index (χ0) is 12.0. The van der Waals surface area contributed by atoms with Gasteiger partial charge in [0.05, 0.1) is 0 Å². The van der Waals surface area contributed by atoms with E-state index in [-0.39, 0.29) is 0 Å². The molecule has 1 fully saturated rings. The first-order valence-electron chi connectivity index (χ1n) is 7.02. The number of rotatable bonds is 5. The molecule has 0 heterocycles. The van der Waals surface area contributed by atoms with Gasteiger partial charge in [-0.05, 0) is 51.5 Å². The van der Waals surface area contributed by atoms with Crippen molar-refractivity contribution in [3.05, 3.63) is 11.6 Å². The molecule has 0 amide bonds. The normalized spacial score (nSPS) is 27.5. The minimum Gasteiger partial charge on any atom is -0.310 e. The molecule has 1 rings (SSSR count). The van der Waals surface area contributed by atoms with E-state index in [1.54, 1.807) is 0 Å². The van der Waals surface area contributed by atoms with Gasteiger partial charge >= 0.3 is 0 Å². The Bertz CT molecular complexity index is 215. The van der Waals surface area contributed by atoms with Gasteiger partial charge in [-0.15, -0.1) is 0 Å². The fourth-order valence-corrected chi connectivity index (χ4v) is 2.84. The quantitative estimate of drug-likeness (QED) is 0.691. The molecule has 0 aromatic rings. The molecule has 0 radical (unpaired) electrons. The van der Waals surface area contributed by atoms with Crippen molar-refractivity contribution in [2.45, 2.75) is 65.8 Å². The van der Waals surface area contributed by atoms with Crippen LogP contribution in [0, 0.1) is 11.8 Å². The predicted molar refractivity (Wildman–Crippen MR) is 72.6 cm³/mol. The molecule has 0 spiro atoms. The smallest absolute Gasteiger partial charge is 0.0280 e. The molecule has 1 aliphatic rings. The van der Waals surface area contributed by atoms with Crippen molar-refractivity contribution < 1.29 is 0 Å². The van der Waals surface area contributed by atoms with Gasteiger partial charge in [-0.1, -0.05) is 38.3 Å². The van der Waals surface area contributed by atoms with Crippen molar-refractivity contribution >= 4 is 0 Å². The predicted octanol–water partition coefficient (Wildman–Crippen LogP) is 4.15. The summed E-state index contributed by atoms with van der Waals surface area (Å²) in [7, 11) is 0. The lowest BCUT2D eigenvalue weighted by Crippen LogP contribution is -2.37. The fraction of sp³-hybridized carbons (Fsp3) is 0.867. The second-order valence-corrected chi connectivity index (χ2v) is 5.76. The molecule has 0 aromatic heterocycles. The maximum Gasteiger partial charge on any atom is 0.0280 e. The minimum absolute atomic E-state index is 0.618. The van der Waals surface area contributed by atoms with Gasteiger partial charge in [-0.2, -0.15) is 0 Å². The van der Waals surface area contributed by atoms with E-state index in [4.69, 9.17) is 0 Å². The van der Waals surface area contributed by atoms with Crippen molar-refractivity contribution in [3.8, 4) is 0 Å². The molecular formula is C15H29N. The number of allylic oxidation sites excluding steroid dienone is 1. The Labute approximate surface area is 102 Å². The topological polar surface area (TPSA) is 12.0 Å². The first-order chi connectivity index (χ1) is 7.63. The van der Waals surface area contributed by atoms with E-state index in [2.05, 4.69) is 39.1 Å². The van der Waals surface area contributed by atoms with E-state index < -0.39 is 0 Å². The van der Waals surface area contributed by atoms with E-state index in [1.807, 2.05) is 0 Å². The van der Waals surface area contributed by atoms with Gasteiger partial charge < -0.3 is 5.32 Å². The summed E-state index contributed by atoms with van der Waals surface area (Å²) in [6, 6.07) is 0.618. The molecule has 0 bridgehead atoms. The molecule has 0 saturated heterocycles. The van der Waals surface area contributed by atoms with E-state index >= 15 is 0 Å². The highest BCUT2D eigenvalue weighted by atomic mass is 14.9. The van der Waals surface area contributed by atoms with E-state index in [0.717, 1.165) is 18.4 Å². The van der Waals surface area contributed by atoms with Crippen LogP contribution in [0.4, 0.5) is 0 Å². The van der Waals surface area contributed by atoms with Crippen molar-refractivity contribution in [1.82, 2.24) is 5.32 Å². The first-order valence-corrected chi connectivity index (χ1v) is 7.02. The average molecular weight is 223 g/mol. The zero-order valence-corrected chi connectivity index (χ0v) is 11.6. The average Bonchev–Trinajstić information content (AvgIpc) is 2.23. The Morgan fingerprint density at radius 1 is 1.38 bits per heavy atom. The number of hydrogen-bond donors (Lipinski definition) is 1. The number of hydrogen-bond acceptors (Lipinski definition) is 1. The monoisotopic (exact) mass is 223 g/mol. The SMILES string of the molecule is CCCNC(C=C(C)C)C1CCCC(C)C1. The summed E-state index contributed by atoms with van der Waals surface area (Å²) in [6.45, 7) is 10.2. The van der Waals surface area contributed by atoms with Gasteiger partial charge in [0.1, 0.15) is 0 Å². The zero-order valence-electron chi connectivity index (χ0n) is 11.6. The lowest BCUT2D eigenvalue weighted by Gasteiger charge is -2.32. The van der Waals surface area contributed by atoms with Gasteiger partial charge in [0.15, 0.2) is 0 Å². The van der Waals surface area contributed by atoms with Gasteiger partial charge in [0.25, 0.3) is 0 Å². The molecule has 1 heteroatoms. The Hall–Kier alpha value is -0.300. The second kappa shape index (κ2) is 7.11. The van der Waals surface area contributed by atoms with E-state index in [9.17, 15) is 0 Å². The van der Waals surface area contributed by atoms with Crippen LogP contribution in [0.1, 0.15) is 59.8 Å². The summed E-state index contributed by atoms with van der Waals surface area (Å²) >= 11 is 0. The van der Waals surface area contributed by atoms with Gasteiger partial charge in [-0.3, -0.25) is 0 Å². The highest BCUT2D eigenvalue weighted by Crippen LogP contribution is 2.31. The lowest BCUT2D eigenvalue weighted by molar-refractivity contribution is 0.245. The summed E-state index contributed by atoms with van der Waals surface area (Å²) < 4.78 is 0.